The van der Waals surface area contributed by atoms with Crippen LogP contribution in [0.3, 0.4) is 0 Å². The Morgan fingerprint density at radius 3 is 2.58 bits per heavy atom. The van der Waals surface area contributed by atoms with E-state index in [1.807, 2.05) is 0 Å². The fraction of sp³-hybridized carbons (Fsp3) is 0.462. The van der Waals surface area contributed by atoms with Gasteiger partial charge in [0.25, 0.3) is 0 Å². The Hall–Kier alpha value is -1.40. The van der Waals surface area contributed by atoms with Crippen LogP contribution in [0.25, 0.3) is 0 Å². The van der Waals surface area contributed by atoms with Crippen molar-refractivity contribution < 1.29 is 13.2 Å². The maximum absolute atomic E-state index is 12.3. The van der Waals surface area contributed by atoms with Crippen molar-refractivity contribution in [3.05, 3.63) is 29.3 Å². The van der Waals surface area contributed by atoms with E-state index in [2.05, 4.69) is 0 Å². The Labute approximate surface area is 114 Å². The molecule has 0 saturated heterocycles. The van der Waals surface area contributed by atoms with E-state index in [-0.39, 0.29) is 5.78 Å². The van der Waals surface area contributed by atoms with Crippen LogP contribution in [0.4, 0.5) is 5.69 Å². The van der Waals surface area contributed by atoms with Crippen molar-refractivity contribution in [3.63, 3.8) is 0 Å². The molecule has 0 bridgehead atoms. The molecule has 19 heavy (non-hydrogen) atoms. The number of hydrogen-bond donors (Lipinski definition) is 0. The molecule has 0 saturated carbocycles. The van der Waals surface area contributed by atoms with E-state index >= 15 is 0 Å². The molecule has 0 fully saturated rings. The second kappa shape index (κ2) is 4.94. The molecule has 1 aromatic carbocycles. The summed E-state index contributed by atoms with van der Waals surface area (Å²) in [5.74, 6) is -0.00427. The first-order chi connectivity index (χ1) is 8.84. The molecule has 0 atom stereocenters. The summed E-state index contributed by atoms with van der Waals surface area (Å²) in [7, 11) is -0.422. The lowest BCUT2D eigenvalue weighted by molar-refractivity contribution is 0.101. The summed E-state index contributed by atoms with van der Waals surface area (Å²) in [6, 6.07) is 5.21. The largest absolute Gasteiger partial charge is 0.303 e. The van der Waals surface area contributed by atoms with E-state index < -0.39 is 10.2 Å². The fourth-order valence-electron chi connectivity index (χ4n) is 2.22. The summed E-state index contributed by atoms with van der Waals surface area (Å²) in [5.41, 5.74) is 2.23. The standard InChI is InChI=1S/C13H18N2O3S/c1-10(16)11-6-7-13-12(9-11)5-4-8-15(13)19(17,18)14(2)3/h6-7,9H,4-5,8H2,1-3H3. The lowest BCUT2D eigenvalue weighted by atomic mass is 9.99. The van der Waals surface area contributed by atoms with Gasteiger partial charge in [0.15, 0.2) is 5.78 Å². The van der Waals surface area contributed by atoms with Crippen molar-refractivity contribution in [2.45, 2.75) is 19.8 Å². The number of carbonyl (C=O) groups is 1. The van der Waals surface area contributed by atoms with E-state index in [1.54, 1.807) is 18.2 Å². The maximum Gasteiger partial charge on any atom is 0.303 e. The van der Waals surface area contributed by atoms with E-state index in [0.717, 1.165) is 18.4 Å². The van der Waals surface area contributed by atoms with Gasteiger partial charge < -0.3 is 0 Å². The lowest BCUT2D eigenvalue weighted by Gasteiger charge is -2.32. The normalized spacial score (nSPS) is 15.5. The quantitative estimate of drug-likeness (QED) is 0.788. The van der Waals surface area contributed by atoms with Gasteiger partial charge in [0, 0.05) is 26.2 Å². The molecule has 0 aromatic heterocycles. The summed E-state index contributed by atoms with van der Waals surface area (Å²) < 4.78 is 27.1. The summed E-state index contributed by atoms with van der Waals surface area (Å²) >= 11 is 0. The number of nitrogens with zero attached hydrogens (tertiary/aromatic N) is 2. The molecule has 0 aliphatic carbocycles. The van der Waals surface area contributed by atoms with Gasteiger partial charge >= 0.3 is 10.2 Å². The van der Waals surface area contributed by atoms with Gasteiger partial charge in [0.1, 0.15) is 0 Å². The molecule has 1 aliphatic heterocycles. The second-order valence-electron chi connectivity index (χ2n) is 4.87. The highest BCUT2D eigenvalue weighted by molar-refractivity contribution is 7.90. The van der Waals surface area contributed by atoms with Crippen LogP contribution >= 0.6 is 0 Å². The zero-order valence-electron chi connectivity index (χ0n) is 11.4. The molecule has 1 heterocycles. The predicted molar refractivity (Wildman–Crippen MR) is 74.7 cm³/mol. The number of fused-ring (bicyclic) bond motifs is 1. The summed E-state index contributed by atoms with van der Waals surface area (Å²) in [6.07, 6.45) is 1.57. The van der Waals surface area contributed by atoms with Crippen LogP contribution in [0, 0.1) is 0 Å². The Morgan fingerprint density at radius 1 is 1.32 bits per heavy atom. The third-order valence-electron chi connectivity index (χ3n) is 3.30. The average molecular weight is 282 g/mol. The fourth-order valence-corrected chi connectivity index (χ4v) is 3.40. The Kier molecular flexibility index (Phi) is 3.64. The number of benzene rings is 1. The Morgan fingerprint density at radius 2 is 2.00 bits per heavy atom. The predicted octanol–water partition coefficient (Wildman–Crippen LogP) is 1.45. The summed E-state index contributed by atoms with van der Waals surface area (Å²) in [5, 5.41) is 0. The Bertz CT molecular complexity index is 608. The monoisotopic (exact) mass is 282 g/mol. The van der Waals surface area contributed by atoms with Crippen LogP contribution in [-0.4, -0.2) is 39.1 Å². The third-order valence-corrected chi connectivity index (χ3v) is 5.16. The van der Waals surface area contributed by atoms with Crippen molar-refractivity contribution in [1.29, 1.82) is 0 Å². The minimum absolute atomic E-state index is 0.00427. The zero-order chi connectivity index (χ0) is 14.2. The molecule has 0 amide bonds. The molecule has 5 nitrogen and oxygen atoms in total. The minimum atomic E-state index is -3.46. The first-order valence-electron chi connectivity index (χ1n) is 6.18. The number of rotatable bonds is 3. The maximum atomic E-state index is 12.3. The summed E-state index contributed by atoms with van der Waals surface area (Å²) in [4.78, 5) is 11.4. The number of carbonyl (C=O) groups excluding carboxylic acids is 1. The smallest absolute Gasteiger partial charge is 0.295 e. The third kappa shape index (κ3) is 2.50. The summed E-state index contributed by atoms with van der Waals surface area (Å²) in [6.45, 7) is 1.99. The van der Waals surface area contributed by atoms with Gasteiger partial charge in [-0.3, -0.25) is 9.10 Å². The molecule has 0 unspecified atom stereocenters. The van der Waals surface area contributed by atoms with Gasteiger partial charge in [0.2, 0.25) is 0 Å². The van der Waals surface area contributed by atoms with E-state index in [4.69, 9.17) is 0 Å². The minimum Gasteiger partial charge on any atom is -0.295 e. The number of Topliss-reactive ketones (excluding diaryl/α,β-unsaturated/α-hetero) is 1. The lowest BCUT2D eigenvalue weighted by Crippen LogP contribution is -2.42. The van der Waals surface area contributed by atoms with Crippen molar-refractivity contribution in [3.8, 4) is 0 Å². The average Bonchev–Trinajstić information content (AvgIpc) is 2.36. The highest BCUT2D eigenvalue weighted by Gasteiger charge is 2.29. The molecule has 0 radical (unpaired) electrons. The Balaban J connectivity index is 2.49. The van der Waals surface area contributed by atoms with Crippen molar-refractivity contribution in [1.82, 2.24) is 4.31 Å². The van der Waals surface area contributed by atoms with Gasteiger partial charge in [-0.2, -0.15) is 12.7 Å². The molecular formula is C13H18N2O3S. The van der Waals surface area contributed by atoms with Gasteiger partial charge in [-0.05, 0) is 43.5 Å². The van der Waals surface area contributed by atoms with Crippen LogP contribution in [0.1, 0.15) is 29.3 Å². The van der Waals surface area contributed by atoms with Crippen LogP contribution in [0.15, 0.2) is 18.2 Å². The van der Waals surface area contributed by atoms with Crippen molar-refractivity contribution >= 4 is 21.7 Å². The molecule has 104 valence electrons. The SMILES string of the molecule is CC(=O)c1ccc2c(c1)CCCN2S(=O)(=O)N(C)C. The van der Waals surface area contributed by atoms with Gasteiger partial charge in [-0.15, -0.1) is 0 Å². The van der Waals surface area contributed by atoms with E-state index in [0.29, 0.717) is 17.8 Å². The molecule has 0 N–H and O–H groups in total. The number of anilines is 1. The molecule has 1 aromatic rings. The topological polar surface area (TPSA) is 57.7 Å². The number of aryl methyl sites for hydroxylation is 1. The zero-order valence-corrected chi connectivity index (χ0v) is 12.2. The highest BCUT2D eigenvalue weighted by atomic mass is 32.2. The van der Waals surface area contributed by atoms with Gasteiger partial charge in [0.05, 0.1) is 5.69 Å². The molecule has 6 heteroatoms. The molecule has 0 spiro atoms. The van der Waals surface area contributed by atoms with Gasteiger partial charge in [-0.1, -0.05) is 0 Å². The van der Waals surface area contributed by atoms with Crippen LogP contribution in [0.2, 0.25) is 0 Å². The number of hydrogen-bond acceptors (Lipinski definition) is 3. The first kappa shape index (κ1) is 14.0. The van der Waals surface area contributed by atoms with Crippen LogP contribution in [-0.2, 0) is 16.6 Å². The van der Waals surface area contributed by atoms with Crippen molar-refractivity contribution in [2.24, 2.45) is 0 Å². The van der Waals surface area contributed by atoms with Crippen LogP contribution < -0.4 is 4.31 Å². The van der Waals surface area contributed by atoms with Crippen LogP contribution in [0.5, 0.6) is 0 Å². The first-order valence-corrected chi connectivity index (χ1v) is 7.58. The molecule has 1 aliphatic rings. The van der Waals surface area contributed by atoms with E-state index in [1.165, 1.54) is 29.6 Å². The van der Waals surface area contributed by atoms with Crippen molar-refractivity contribution in [2.75, 3.05) is 24.9 Å². The highest BCUT2D eigenvalue weighted by Crippen LogP contribution is 2.30. The molecular weight excluding hydrogens is 264 g/mol. The van der Waals surface area contributed by atoms with Gasteiger partial charge in [-0.25, -0.2) is 0 Å². The van der Waals surface area contributed by atoms with E-state index in [9.17, 15) is 13.2 Å². The molecule has 2 rings (SSSR count). The second-order valence-corrected chi connectivity index (χ2v) is 6.93. The number of ketones is 1.